The first-order chi connectivity index (χ1) is 8.19. The number of hydrogen-bond acceptors (Lipinski definition) is 5. The van der Waals surface area contributed by atoms with E-state index in [0.29, 0.717) is 5.75 Å². The lowest BCUT2D eigenvalue weighted by molar-refractivity contribution is 0.0227. The summed E-state index contributed by atoms with van der Waals surface area (Å²) in [5, 5.41) is 9.49. The van der Waals surface area contributed by atoms with Gasteiger partial charge in [-0.1, -0.05) is 0 Å². The van der Waals surface area contributed by atoms with Gasteiger partial charge in [0.25, 0.3) is 0 Å². The van der Waals surface area contributed by atoms with Gasteiger partial charge in [-0.25, -0.2) is 4.79 Å². The Kier molecular flexibility index (Phi) is 3.37. The average molecular weight is 238 g/mol. The third kappa shape index (κ3) is 2.81. The zero-order chi connectivity index (χ0) is 12.3. The van der Waals surface area contributed by atoms with Gasteiger partial charge < -0.3 is 19.3 Å². The fraction of sp³-hybridized carbons (Fsp3) is 0.417. The van der Waals surface area contributed by atoms with E-state index >= 15 is 0 Å². The lowest BCUT2D eigenvalue weighted by Crippen LogP contribution is -2.26. The van der Waals surface area contributed by atoms with Crippen molar-refractivity contribution in [3.63, 3.8) is 0 Å². The summed E-state index contributed by atoms with van der Waals surface area (Å²) in [5.74, 6) is 0.471. The number of carbonyl (C=O) groups excluding carboxylic acids is 1. The van der Waals surface area contributed by atoms with Crippen molar-refractivity contribution in [3.8, 4) is 17.2 Å². The second-order valence-electron chi connectivity index (χ2n) is 3.86. The van der Waals surface area contributed by atoms with Crippen LogP contribution in [-0.4, -0.2) is 24.5 Å². The van der Waals surface area contributed by atoms with Gasteiger partial charge in [-0.2, -0.15) is 0 Å². The van der Waals surface area contributed by atoms with E-state index in [2.05, 4.69) is 0 Å². The molecule has 0 aromatic heterocycles. The zero-order valence-corrected chi connectivity index (χ0v) is 9.51. The monoisotopic (exact) mass is 238 g/mol. The van der Waals surface area contributed by atoms with E-state index in [4.69, 9.17) is 14.2 Å². The molecule has 5 nitrogen and oxygen atoms in total. The topological polar surface area (TPSA) is 65.0 Å². The number of carbonyl (C=O) groups is 1. The van der Waals surface area contributed by atoms with Crippen LogP contribution in [0.15, 0.2) is 18.2 Å². The van der Waals surface area contributed by atoms with Crippen molar-refractivity contribution >= 4 is 6.16 Å². The largest absolute Gasteiger partial charge is 0.514 e. The van der Waals surface area contributed by atoms with Gasteiger partial charge in [0.15, 0.2) is 11.5 Å². The second-order valence-corrected chi connectivity index (χ2v) is 3.86. The van der Waals surface area contributed by atoms with Gasteiger partial charge in [-0.15, -0.1) is 0 Å². The molecular weight excluding hydrogens is 224 g/mol. The van der Waals surface area contributed by atoms with E-state index in [1.165, 1.54) is 25.3 Å². The second kappa shape index (κ2) is 4.95. The molecule has 0 unspecified atom stereocenters. The predicted molar refractivity (Wildman–Crippen MR) is 59.4 cm³/mol. The number of phenolic OH excluding ortho intramolecular Hbond substituents is 1. The standard InChI is InChI=1S/C12H14O5/c1-15-11-6-5-9(7-10(11)13)17-12(14)16-8-3-2-4-8/h5-8,13H,2-4H2,1H3. The first-order valence-corrected chi connectivity index (χ1v) is 5.44. The maximum absolute atomic E-state index is 11.3. The first-order valence-electron chi connectivity index (χ1n) is 5.44. The summed E-state index contributed by atoms with van der Waals surface area (Å²) >= 11 is 0. The number of ether oxygens (including phenoxy) is 3. The maximum atomic E-state index is 11.3. The molecule has 0 saturated heterocycles. The molecule has 0 spiro atoms. The molecule has 1 saturated carbocycles. The number of hydrogen-bond donors (Lipinski definition) is 1. The highest BCUT2D eigenvalue weighted by molar-refractivity contribution is 5.64. The Hall–Kier alpha value is -1.91. The van der Waals surface area contributed by atoms with Gasteiger partial charge in [0.05, 0.1) is 7.11 Å². The molecule has 1 aliphatic carbocycles. The molecule has 2 rings (SSSR count). The number of benzene rings is 1. The van der Waals surface area contributed by atoms with Crippen LogP contribution in [0.5, 0.6) is 17.2 Å². The third-order valence-corrected chi connectivity index (χ3v) is 2.67. The minimum Gasteiger partial charge on any atom is -0.504 e. The molecule has 5 heteroatoms. The highest BCUT2D eigenvalue weighted by Gasteiger charge is 2.22. The van der Waals surface area contributed by atoms with Gasteiger partial charge in [-0.05, 0) is 31.4 Å². The molecule has 0 radical (unpaired) electrons. The van der Waals surface area contributed by atoms with E-state index < -0.39 is 6.16 Å². The fourth-order valence-electron chi connectivity index (χ4n) is 1.48. The Labute approximate surface area is 98.9 Å². The lowest BCUT2D eigenvalue weighted by Gasteiger charge is -2.24. The summed E-state index contributed by atoms with van der Waals surface area (Å²) < 4.78 is 14.8. The molecule has 1 aromatic rings. The molecule has 17 heavy (non-hydrogen) atoms. The van der Waals surface area contributed by atoms with Gasteiger partial charge in [0.1, 0.15) is 11.9 Å². The summed E-state index contributed by atoms with van der Waals surface area (Å²) in [6.07, 6.45) is 2.11. The Morgan fingerprint density at radius 3 is 2.71 bits per heavy atom. The van der Waals surface area contributed by atoms with Gasteiger partial charge in [0.2, 0.25) is 0 Å². The fourth-order valence-corrected chi connectivity index (χ4v) is 1.48. The van der Waals surface area contributed by atoms with Crippen molar-refractivity contribution in [2.45, 2.75) is 25.4 Å². The van der Waals surface area contributed by atoms with Gasteiger partial charge in [0, 0.05) is 6.07 Å². The van der Waals surface area contributed by atoms with E-state index in [-0.39, 0.29) is 17.6 Å². The molecule has 1 aromatic carbocycles. The summed E-state index contributed by atoms with van der Waals surface area (Å²) in [5.41, 5.74) is 0. The number of methoxy groups -OCH3 is 1. The number of phenols is 1. The molecule has 0 aliphatic heterocycles. The number of rotatable bonds is 3. The van der Waals surface area contributed by atoms with Crippen molar-refractivity contribution < 1.29 is 24.1 Å². The van der Waals surface area contributed by atoms with E-state index in [1.807, 2.05) is 0 Å². The van der Waals surface area contributed by atoms with Gasteiger partial charge in [-0.3, -0.25) is 0 Å². The molecule has 1 aliphatic rings. The van der Waals surface area contributed by atoms with Crippen LogP contribution >= 0.6 is 0 Å². The van der Waals surface area contributed by atoms with Crippen LogP contribution in [0.25, 0.3) is 0 Å². The molecule has 0 atom stereocenters. The van der Waals surface area contributed by atoms with Gasteiger partial charge >= 0.3 is 6.16 Å². The Morgan fingerprint density at radius 1 is 1.41 bits per heavy atom. The van der Waals surface area contributed by atoms with Crippen molar-refractivity contribution in [2.24, 2.45) is 0 Å². The van der Waals surface area contributed by atoms with E-state index in [0.717, 1.165) is 19.3 Å². The van der Waals surface area contributed by atoms with Crippen LogP contribution in [0, 0.1) is 0 Å². The zero-order valence-electron chi connectivity index (χ0n) is 9.51. The van der Waals surface area contributed by atoms with Crippen molar-refractivity contribution in [1.29, 1.82) is 0 Å². The quantitative estimate of drug-likeness (QED) is 0.647. The first kappa shape index (κ1) is 11.6. The Bertz CT molecular complexity index is 411. The minimum atomic E-state index is -0.737. The molecule has 1 N–H and O–H groups in total. The smallest absolute Gasteiger partial charge is 0.504 e. The van der Waals surface area contributed by atoms with Crippen molar-refractivity contribution in [1.82, 2.24) is 0 Å². The van der Waals surface area contributed by atoms with Crippen LogP contribution in [0.2, 0.25) is 0 Å². The minimum absolute atomic E-state index is 0.0191. The summed E-state index contributed by atoms with van der Waals surface area (Å²) in [4.78, 5) is 11.3. The Morgan fingerprint density at radius 2 is 2.18 bits per heavy atom. The van der Waals surface area contributed by atoms with E-state index in [9.17, 15) is 9.90 Å². The number of aromatic hydroxyl groups is 1. The molecule has 1 fully saturated rings. The average Bonchev–Trinajstić information content (AvgIpc) is 2.24. The Balaban J connectivity index is 1.93. The maximum Gasteiger partial charge on any atom is 0.514 e. The molecular formula is C12H14O5. The van der Waals surface area contributed by atoms with Crippen LogP contribution in [0.4, 0.5) is 4.79 Å². The molecule has 92 valence electrons. The summed E-state index contributed by atoms with van der Waals surface area (Å²) in [6.45, 7) is 0. The summed E-state index contributed by atoms with van der Waals surface area (Å²) in [7, 11) is 1.44. The predicted octanol–water partition coefficient (Wildman–Crippen LogP) is 2.47. The summed E-state index contributed by atoms with van der Waals surface area (Å²) in [6, 6.07) is 4.35. The lowest BCUT2D eigenvalue weighted by atomic mass is 9.96. The normalized spacial score (nSPS) is 14.9. The SMILES string of the molecule is COc1ccc(OC(=O)OC2CCC2)cc1O. The van der Waals surface area contributed by atoms with Crippen LogP contribution < -0.4 is 9.47 Å². The van der Waals surface area contributed by atoms with Crippen LogP contribution in [0.1, 0.15) is 19.3 Å². The van der Waals surface area contributed by atoms with Crippen LogP contribution in [0.3, 0.4) is 0 Å². The highest BCUT2D eigenvalue weighted by Crippen LogP contribution is 2.30. The molecule has 0 amide bonds. The van der Waals surface area contributed by atoms with E-state index in [1.54, 1.807) is 0 Å². The highest BCUT2D eigenvalue weighted by atomic mass is 16.7. The molecule has 0 bridgehead atoms. The van der Waals surface area contributed by atoms with Crippen molar-refractivity contribution in [2.75, 3.05) is 7.11 Å². The van der Waals surface area contributed by atoms with Crippen LogP contribution in [-0.2, 0) is 4.74 Å². The van der Waals surface area contributed by atoms with Crippen molar-refractivity contribution in [3.05, 3.63) is 18.2 Å². The third-order valence-electron chi connectivity index (χ3n) is 2.67. The molecule has 0 heterocycles.